The summed E-state index contributed by atoms with van der Waals surface area (Å²) in [7, 11) is 0. The van der Waals surface area contributed by atoms with Gasteiger partial charge in [0.2, 0.25) is 5.91 Å². The first-order chi connectivity index (χ1) is 13.0. The Kier molecular flexibility index (Phi) is 7.92. The third-order valence-corrected chi connectivity index (χ3v) is 4.15. The number of hydrogen-bond donors (Lipinski definition) is 1. The van der Waals surface area contributed by atoms with Crippen LogP contribution < -0.4 is 5.32 Å². The molecule has 6 heteroatoms. The zero-order chi connectivity index (χ0) is 19.6. The van der Waals surface area contributed by atoms with Gasteiger partial charge in [0.1, 0.15) is 18.1 Å². The quantitative estimate of drug-likeness (QED) is 0.733. The highest BCUT2D eigenvalue weighted by molar-refractivity contribution is 5.84. The number of hydrogen-bond acceptors (Lipinski definition) is 3. The lowest BCUT2D eigenvalue weighted by atomic mass is 10.2. The molecule has 0 bridgehead atoms. The molecular formula is C21H29N3O3. The van der Waals surface area contributed by atoms with Gasteiger partial charge < -0.3 is 19.5 Å². The molecule has 0 unspecified atom stereocenters. The lowest BCUT2D eigenvalue weighted by Crippen LogP contribution is -2.46. The van der Waals surface area contributed by atoms with Crippen LogP contribution in [0.1, 0.15) is 37.4 Å². The van der Waals surface area contributed by atoms with Gasteiger partial charge in [-0.3, -0.25) is 4.79 Å². The number of aryl methyl sites for hydroxylation is 1. The van der Waals surface area contributed by atoms with Gasteiger partial charge in [0.15, 0.2) is 0 Å². The second kappa shape index (κ2) is 10.4. The van der Waals surface area contributed by atoms with Crippen molar-refractivity contribution >= 4 is 11.9 Å². The van der Waals surface area contributed by atoms with Gasteiger partial charge in [0.25, 0.3) is 0 Å². The van der Waals surface area contributed by atoms with Crippen LogP contribution >= 0.6 is 0 Å². The van der Waals surface area contributed by atoms with E-state index in [4.69, 9.17) is 4.42 Å². The van der Waals surface area contributed by atoms with Crippen molar-refractivity contribution in [1.29, 1.82) is 0 Å². The van der Waals surface area contributed by atoms with Gasteiger partial charge in [-0.05, 0) is 38.0 Å². The maximum absolute atomic E-state index is 13.0. The number of furan rings is 1. The summed E-state index contributed by atoms with van der Waals surface area (Å²) >= 11 is 0. The SMILES string of the molecule is CCCN(CC(=O)N(Cc1ccccc1)Cc1ccc(C)o1)C(=O)NCC. The Morgan fingerprint density at radius 1 is 1.00 bits per heavy atom. The molecule has 0 radical (unpaired) electrons. The molecule has 3 amide bonds. The normalized spacial score (nSPS) is 10.5. The Bertz CT molecular complexity index is 727. The lowest BCUT2D eigenvalue weighted by molar-refractivity contribution is -0.133. The third kappa shape index (κ3) is 6.47. The summed E-state index contributed by atoms with van der Waals surface area (Å²) in [6.07, 6.45) is 0.792. The molecule has 0 saturated carbocycles. The number of carbonyl (C=O) groups excluding carboxylic acids is 2. The third-order valence-electron chi connectivity index (χ3n) is 4.15. The Balaban J connectivity index is 2.14. The maximum Gasteiger partial charge on any atom is 0.317 e. The molecule has 0 atom stereocenters. The fourth-order valence-electron chi connectivity index (χ4n) is 2.84. The van der Waals surface area contributed by atoms with Crippen molar-refractivity contribution in [1.82, 2.24) is 15.1 Å². The van der Waals surface area contributed by atoms with E-state index in [1.807, 2.05) is 63.2 Å². The molecule has 0 fully saturated rings. The number of rotatable bonds is 9. The average molecular weight is 371 g/mol. The van der Waals surface area contributed by atoms with Crippen molar-refractivity contribution in [3.8, 4) is 0 Å². The van der Waals surface area contributed by atoms with Crippen LogP contribution in [0, 0.1) is 6.92 Å². The summed E-state index contributed by atoms with van der Waals surface area (Å²) in [6, 6.07) is 13.4. The molecule has 0 spiro atoms. The van der Waals surface area contributed by atoms with E-state index in [0.29, 0.717) is 26.2 Å². The van der Waals surface area contributed by atoms with Crippen molar-refractivity contribution in [3.05, 3.63) is 59.5 Å². The number of nitrogens with zero attached hydrogens (tertiary/aromatic N) is 2. The highest BCUT2D eigenvalue weighted by atomic mass is 16.3. The van der Waals surface area contributed by atoms with E-state index >= 15 is 0 Å². The Morgan fingerprint density at radius 3 is 2.33 bits per heavy atom. The van der Waals surface area contributed by atoms with E-state index in [9.17, 15) is 9.59 Å². The molecule has 0 aliphatic rings. The molecule has 1 N–H and O–H groups in total. The topological polar surface area (TPSA) is 65.8 Å². The number of carbonyl (C=O) groups is 2. The largest absolute Gasteiger partial charge is 0.464 e. The van der Waals surface area contributed by atoms with Crippen molar-refractivity contribution in [2.45, 2.75) is 40.3 Å². The number of nitrogens with one attached hydrogen (secondary N) is 1. The minimum Gasteiger partial charge on any atom is -0.464 e. The number of benzene rings is 1. The summed E-state index contributed by atoms with van der Waals surface area (Å²) < 4.78 is 5.65. The zero-order valence-corrected chi connectivity index (χ0v) is 16.4. The fraction of sp³-hybridized carbons (Fsp3) is 0.429. The maximum atomic E-state index is 13.0. The van der Waals surface area contributed by atoms with Crippen LogP contribution in [0.3, 0.4) is 0 Å². The van der Waals surface area contributed by atoms with Gasteiger partial charge in [-0.15, -0.1) is 0 Å². The monoisotopic (exact) mass is 371 g/mol. The minimum atomic E-state index is -0.207. The Morgan fingerprint density at radius 2 is 1.74 bits per heavy atom. The van der Waals surface area contributed by atoms with Gasteiger partial charge in [-0.2, -0.15) is 0 Å². The summed E-state index contributed by atoms with van der Waals surface area (Å²) in [5, 5.41) is 2.78. The summed E-state index contributed by atoms with van der Waals surface area (Å²) in [4.78, 5) is 28.6. The molecule has 2 rings (SSSR count). The molecule has 0 saturated heterocycles. The molecule has 1 aromatic carbocycles. The molecule has 6 nitrogen and oxygen atoms in total. The van der Waals surface area contributed by atoms with Gasteiger partial charge in [0, 0.05) is 19.6 Å². The Hall–Kier alpha value is -2.76. The summed E-state index contributed by atoms with van der Waals surface area (Å²) in [5.74, 6) is 1.44. The second-order valence-electron chi connectivity index (χ2n) is 6.50. The second-order valence-corrected chi connectivity index (χ2v) is 6.50. The molecule has 0 aliphatic heterocycles. The van der Waals surface area contributed by atoms with E-state index in [1.165, 1.54) is 0 Å². The molecule has 27 heavy (non-hydrogen) atoms. The van der Waals surface area contributed by atoms with Crippen LogP contribution in [0.4, 0.5) is 4.79 Å². The highest BCUT2D eigenvalue weighted by Crippen LogP contribution is 2.14. The van der Waals surface area contributed by atoms with E-state index < -0.39 is 0 Å². The van der Waals surface area contributed by atoms with Gasteiger partial charge in [0.05, 0.1) is 6.54 Å². The van der Waals surface area contributed by atoms with Crippen molar-refractivity contribution in [2.24, 2.45) is 0 Å². The van der Waals surface area contributed by atoms with Crippen LogP contribution in [0.15, 0.2) is 46.9 Å². The van der Waals surface area contributed by atoms with Crippen LogP contribution in [-0.4, -0.2) is 41.4 Å². The summed E-state index contributed by atoms with van der Waals surface area (Å²) in [6.45, 7) is 7.70. The smallest absolute Gasteiger partial charge is 0.317 e. The first-order valence-corrected chi connectivity index (χ1v) is 9.43. The molecule has 1 aromatic heterocycles. The Labute approximate surface area is 161 Å². The van der Waals surface area contributed by atoms with E-state index in [-0.39, 0.29) is 18.5 Å². The lowest BCUT2D eigenvalue weighted by Gasteiger charge is -2.27. The standard InChI is InChI=1S/C21H29N3O3/c1-4-13-23(21(26)22-5-2)16-20(25)24(14-18-9-7-6-8-10-18)15-19-12-11-17(3)27-19/h6-12H,4-5,13-16H2,1-3H3,(H,22,26). The van der Waals surface area contributed by atoms with Crippen LogP contribution in [0.25, 0.3) is 0 Å². The van der Waals surface area contributed by atoms with Gasteiger partial charge >= 0.3 is 6.03 Å². The first kappa shape index (κ1) is 20.6. The van der Waals surface area contributed by atoms with Crippen LogP contribution in [0.5, 0.6) is 0 Å². The highest BCUT2D eigenvalue weighted by Gasteiger charge is 2.21. The molecule has 146 valence electrons. The molecule has 0 aliphatic carbocycles. The van der Waals surface area contributed by atoms with E-state index in [0.717, 1.165) is 23.5 Å². The molecular weight excluding hydrogens is 342 g/mol. The molecule has 1 heterocycles. The predicted octanol–water partition coefficient (Wildman–Crippen LogP) is 3.56. The van der Waals surface area contributed by atoms with E-state index in [2.05, 4.69) is 5.32 Å². The van der Waals surface area contributed by atoms with Crippen LogP contribution in [0.2, 0.25) is 0 Å². The van der Waals surface area contributed by atoms with Crippen molar-refractivity contribution in [3.63, 3.8) is 0 Å². The average Bonchev–Trinajstić information content (AvgIpc) is 3.06. The number of urea groups is 1. The van der Waals surface area contributed by atoms with Crippen molar-refractivity contribution in [2.75, 3.05) is 19.6 Å². The predicted molar refractivity (Wildman–Crippen MR) is 105 cm³/mol. The molecule has 2 aromatic rings. The summed E-state index contributed by atoms with van der Waals surface area (Å²) in [5.41, 5.74) is 1.04. The van der Waals surface area contributed by atoms with Crippen LogP contribution in [-0.2, 0) is 17.9 Å². The fourth-order valence-corrected chi connectivity index (χ4v) is 2.84. The zero-order valence-electron chi connectivity index (χ0n) is 16.4. The first-order valence-electron chi connectivity index (χ1n) is 9.43. The van der Waals surface area contributed by atoms with Gasteiger partial charge in [-0.1, -0.05) is 37.3 Å². The van der Waals surface area contributed by atoms with Gasteiger partial charge in [-0.25, -0.2) is 4.79 Å². The number of amides is 3. The van der Waals surface area contributed by atoms with Crippen molar-refractivity contribution < 1.29 is 14.0 Å². The minimum absolute atomic E-state index is 0.0478. The van der Waals surface area contributed by atoms with E-state index in [1.54, 1.807) is 9.80 Å².